The van der Waals surface area contributed by atoms with E-state index >= 15 is 0 Å². The Labute approximate surface area is 88.0 Å². The van der Waals surface area contributed by atoms with E-state index in [1.807, 2.05) is 6.92 Å². The van der Waals surface area contributed by atoms with Gasteiger partial charge in [0, 0.05) is 19.7 Å². The van der Waals surface area contributed by atoms with Crippen LogP contribution in [0.25, 0.3) is 0 Å². The van der Waals surface area contributed by atoms with E-state index in [4.69, 9.17) is 14.3 Å². The standard InChI is InChI=1S/C10H15NO4/c1-7(6-14-2)5-11-9-4-3-8(15-9)10(12)13/h3-4,7,11H,5-6H2,1-2H3,(H,12,13). The lowest BCUT2D eigenvalue weighted by molar-refractivity contribution is 0.0663. The largest absolute Gasteiger partial charge is 0.475 e. The predicted octanol–water partition coefficient (Wildman–Crippen LogP) is 1.67. The second-order valence-electron chi connectivity index (χ2n) is 3.41. The van der Waals surface area contributed by atoms with E-state index in [-0.39, 0.29) is 5.76 Å². The van der Waals surface area contributed by atoms with Crippen LogP contribution in [0.4, 0.5) is 5.88 Å². The summed E-state index contributed by atoms with van der Waals surface area (Å²) in [5.74, 6) is -0.311. The molecular weight excluding hydrogens is 198 g/mol. The molecule has 2 N–H and O–H groups in total. The molecule has 5 nitrogen and oxygen atoms in total. The zero-order valence-corrected chi connectivity index (χ0v) is 8.82. The normalized spacial score (nSPS) is 12.4. The number of furan rings is 1. The lowest BCUT2D eigenvalue weighted by atomic mass is 10.2. The highest BCUT2D eigenvalue weighted by Gasteiger charge is 2.09. The number of aromatic carboxylic acids is 1. The Kier molecular flexibility index (Phi) is 4.17. The molecule has 1 heterocycles. The first kappa shape index (κ1) is 11.6. The molecule has 0 aliphatic heterocycles. The van der Waals surface area contributed by atoms with Gasteiger partial charge in [-0.2, -0.15) is 0 Å². The number of rotatable bonds is 6. The first-order chi connectivity index (χ1) is 7.13. The van der Waals surface area contributed by atoms with Crippen LogP contribution >= 0.6 is 0 Å². The minimum Gasteiger partial charge on any atom is -0.475 e. The molecule has 0 aliphatic carbocycles. The zero-order chi connectivity index (χ0) is 11.3. The number of ether oxygens (including phenoxy) is 1. The molecule has 0 saturated carbocycles. The summed E-state index contributed by atoms with van der Waals surface area (Å²) in [5.41, 5.74) is 0. The van der Waals surface area contributed by atoms with E-state index in [1.165, 1.54) is 6.07 Å². The van der Waals surface area contributed by atoms with Gasteiger partial charge >= 0.3 is 5.97 Å². The third-order valence-corrected chi connectivity index (χ3v) is 1.89. The molecule has 1 unspecified atom stereocenters. The molecule has 0 spiro atoms. The molecule has 0 fully saturated rings. The molecule has 0 radical (unpaired) electrons. The summed E-state index contributed by atoms with van der Waals surface area (Å²) in [6.45, 7) is 3.36. The number of methoxy groups -OCH3 is 1. The Morgan fingerprint density at radius 1 is 1.67 bits per heavy atom. The van der Waals surface area contributed by atoms with Gasteiger partial charge in [-0.1, -0.05) is 6.92 Å². The van der Waals surface area contributed by atoms with Crippen LogP contribution in [0.5, 0.6) is 0 Å². The van der Waals surface area contributed by atoms with Gasteiger partial charge in [0.05, 0.1) is 6.61 Å². The Balaban J connectivity index is 2.40. The smallest absolute Gasteiger partial charge is 0.371 e. The van der Waals surface area contributed by atoms with E-state index in [0.717, 1.165) is 0 Å². The van der Waals surface area contributed by atoms with Gasteiger partial charge < -0.3 is 19.6 Å². The van der Waals surface area contributed by atoms with Crippen molar-refractivity contribution >= 4 is 11.9 Å². The number of anilines is 1. The van der Waals surface area contributed by atoms with Gasteiger partial charge in [-0.15, -0.1) is 0 Å². The van der Waals surface area contributed by atoms with Gasteiger partial charge in [-0.3, -0.25) is 0 Å². The fraction of sp³-hybridized carbons (Fsp3) is 0.500. The van der Waals surface area contributed by atoms with Crippen molar-refractivity contribution in [2.24, 2.45) is 5.92 Å². The Morgan fingerprint density at radius 2 is 2.40 bits per heavy atom. The van der Waals surface area contributed by atoms with Gasteiger partial charge in [0.15, 0.2) is 5.88 Å². The average molecular weight is 213 g/mol. The van der Waals surface area contributed by atoms with E-state index in [9.17, 15) is 4.79 Å². The Hall–Kier alpha value is -1.49. The Bertz CT molecular complexity index is 321. The molecule has 0 aliphatic rings. The lowest BCUT2D eigenvalue weighted by Crippen LogP contribution is -2.15. The molecule has 0 bridgehead atoms. The van der Waals surface area contributed by atoms with Gasteiger partial charge in [-0.25, -0.2) is 4.79 Å². The number of carbonyl (C=O) groups is 1. The first-order valence-electron chi connectivity index (χ1n) is 4.69. The lowest BCUT2D eigenvalue weighted by Gasteiger charge is -2.10. The zero-order valence-electron chi connectivity index (χ0n) is 8.82. The SMILES string of the molecule is COCC(C)CNc1ccc(C(=O)O)o1. The second-order valence-corrected chi connectivity index (χ2v) is 3.41. The van der Waals surface area contributed by atoms with E-state index in [1.54, 1.807) is 13.2 Å². The molecule has 5 heteroatoms. The number of hydrogen-bond donors (Lipinski definition) is 2. The summed E-state index contributed by atoms with van der Waals surface area (Å²) in [6, 6.07) is 3.02. The summed E-state index contributed by atoms with van der Waals surface area (Å²) >= 11 is 0. The molecule has 0 amide bonds. The fourth-order valence-electron chi connectivity index (χ4n) is 1.17. The number of nitrogens with one attached hydrogen (secondary N) is 1. The highest BCUT2D eigenvalue weighted by Crippen LogP contribution is 2.13. The summed E-state index contributed by atoms with van der Waals surface area (Å²) in [4.78, 5) is 10.5. The molecule has 84 valence electrons. The topological polar surface area (TPSA) is 71.7 Å². The van der Waals surface area contributed by atoms with Crippen LogP contribution in [0.1, 0.15) is 17.5 Å². The van der Waals surface area contributed by atoms with Crippen molar-refractivity contribution < 1.29 is 19.1 Å². The van der Waals surface area contributed by atoms with Crippen molar-refractivity contribution in [1.82, 2.24) is 0 Å². The van der Waals surface area contributed by atoms with Crippen LogP contribution in [0.3, 0.4) is 0 Å². The molecule has 1 aromatic rings. The van der Waals surface area contributed by atoms with Crippen molar-refractivity contribution in [2.45, 2.75) is 6.92 Å². The third-order valence-electron chi connectivity index (χ3n) is 1.89. The molecule has 0 aromatic carbocycles. The minimum atomic E-state index is -1.06. The van der Waals surface area contributed by atoms with Gasteiger partial charge in [0.1, 0.15) is 0 Å². The quantitative estimate of drug-likeness (QED) is 0.752. The van der Waals surface area contributed by atoms with Crippen LogP contribution in [-0.4, -0.2) is 31.3 Å². The minimum absolute atomic E-state index is 0.0584. The predicted molar refractivity (Wildman–Crippen MR) is 55.2 cm³/mol. The average Bonchev–Trinajstić information content (AvgIpc) is 2.63. The molecule has 15 heavy (non-hydrogen) atoms. The fourth-order valence-corrected chi connectivity index (χ4v) is 1.17. The van der Waals surface area contributed by atoms with Gasteiger partial charge in [0.2, 0.25) is 5.76 Å². The number of hydrogen-bond acceptors (Lipinski definition) is 4. The van der Waals surface area contributed by atoms with Crippen LogP contribution in [0.15, 0.2) is 16.5 Å². The number of carboxylic acids is 1. The molecule has 1 rings (SSSR count). The monoisotopic (exact) mass is 213 g/mol. The maximum atomic E-state index is 10.5. The maximum absolute atomic E-state index is 10.5. The van der Waals surface area contributed by atoms with Crippen LogP contribution in [0, 0.1) is 5.92 Å². The summed E-state index contributed by atoms with van der Waals surface area (Å²) < 4.78 is 9.99. The number of carboxylic acid groups (broad SMARTS) is 1. The van der Waals surface area contributed by atoms with Crippen molar-refractivity contribution in [2.75, 3.05) is 25.6 Å². The van der Waals surface area contributed by atoms with Crippen molar-refractivity contribution in [1.29, 1.82) is 0 Å². The van der Waals surface area contributed by atoms with Gasteiger partial charge in [0.25, 0.3) is 0 Å². The summed E-state index contributed by atoms with van der Waals surface area (Å²) in [5, 5.41) is 11.6. The second kappa shape index (κ2) is 5.41. The van der Waals surface area contributed by atoms with Gasteiger partial charge in [-0.05, 0) is 12.0 Å². The first-order valence-corrected chi connectivity index (χ1v) is 4.69. The van der Waals surface area contributed by atoms with Crippen LogP contribution in [0.2, 0.25) is 0 Å². The van der Waals surface area contributed by atoms with Crippen molar-refractivity contribution in [3.63, 3.8) is 0 Å². The van der Waals surface area contributed by atoms with Crippen molar-refractivity contribution in [3.05, 3.63) is 17.9 Å². The van der Waals surface area contributed by atoms with Crippen molar-refractivity contribution in [3.8, 4) is 0 Å². The van der Waals surface area contributed by atoms with E-state index < -0.39 is 5.97 Å². The molecule has 1 atom stereocenters. The Morgan fingerprint density at radius 3 is 2.93 bits per heavy atom. The molecular formula is C10H15NO4. The summed E-state index contributed by atoms with van der Waals surface area (Å²) in [7, 11) is 1.64. The summed E-state index contributed by atoms with van der Waals surface area (Å²) in [6.07, 6.45) is 0. The highest BCUT2D eigenvalue weighted by atomic mass is 16.5. The van der Waals surface area contributed by atoms with Crippen LogP contribution < -0.4 is 5.32 Å². The molecule has 0 saturated heterocycles. The maximum Gasteiger partial charge on any atom is 0.371 e. The van der Waals surface area contributed by atoms with Crippen LogP contribution in [-0.2, 0) is 4.74 Å². The molecule has 1 aromatic heterocycles. The third kappa shape index (κ3) is 3.63. The van der Waals surface area contributed by atoms with E-state index in [2.05, 4.69) is 5.32 Å². The highest BCUT2D eigenvalue weighted by molar-refractivity contribution is 5.84. The van der Waals surface area contributed by atoms with E-state index in [0.29, 0.717) is 25.0 Å².